The fraction of sp³-hybridized carbons (Fsp3) is 0.250. The molecule has 0 bridgehead atoms. The van der Waals surface area contributed by atoms with Gasteiger partial charge < -0.3 is 20.5 Å². The minimum atomic E-state index is -0.648. The summed E-state index contributed by atoms with van der Waals surface area (Å²) >= 11 is 3.34. The number of rotatable bonds is 4. The van der Waals surface area contributed by atoms with E-state index >= 15 is 0 Å². The first-order valence-electron chi connectivity index (χ1n) is 10.2. The number of carbonyl (C=O) groups is 2. The van der Waals surface area contributed by atoms with Crippen LogP contribution < -0.4 is 15.4 Å². The highest BCUT2D eigenvalue weighted by atomic mass is 79.9. The van der Waals surface area contributed by atoms with Crippen molar-refractivity contribution >= 4 is 33.3 Å². The summed E-state index contributed by atoms with van der Waals surface area (Å²) in [5.41, 5.74) is 3.44. The highest BCUT2D eigenvalue weighted by Gasteiger charge is 2.39. The van der Waals surface area contributed by atoms with Gasteiger partial charge in [0.15, 0.2) is 17.3 Å². The first-order chi connectivity index (χ1) is 15.3. The zero-order valence-electron chi connectivity index (χ0n) is 17.6. The third-order valence-electron chi connectivity index (χ3n) is 5.73. The first-order valence-corrected chi connectivity index (χ1v) is 11.0. The van der Waals surface area contributed by atoms with Crippen LogP contribution in [0.1, 0.15) is 37.7 Å². The summed E-state index contributed by atoms with van der Waals surface area (Å²) in [5, 5.41) is 16.3. The average Bonchev–Trinajstić information content (AvgIpc) is 2.76. The van der Waals surface area contributed by atoms with Gasteiger partial charge in [-0.25, -0.2) is 4.39 Å². The number of ketones is 1. The summed E-state index contributed by atoms with van der Waals surface area (Å²) in [5.74, 6) is -1.31. The maximum absolute atomic E-state index is 13.4. The molecule has 1 atom stereocenters. The van der Waals surface area contributed by atoms with Crippen LogP contribution in [-0.2, 0) is 9.59 Å². The quantitative estimate of drug-likeness (QED) is 0.555. The Morgan fingerprint density at radius 1 is 1.25 bits per heavy atom. The molecule has 1 heterocycles. The van der Waals surface area contributed by atoms with Gasteiger partial charge >= 0.3 is 0 Å². The van der Waals surface area contributed by atoms with Crippen molar-refractivity contribution in [2.75, 3.05) is 12.4 Å². The molecule has 0 aromatic heterocycles. The Morgan fingerprint density at radius 3 is 2.66 bits per heavy atom. The van der Waals surface area contributed by atoms with E-state index < -0.39 is 17.6 Å². The maximum Gasteiger partial charge on any atom is 0.254 e. The fourth-order valence-electron chi connectivity index (χ4n) is 4.27. The minimum Gasteiger partial charge on any atom is -0.503 e. The Bertz CT molecular complexity index is 1170. The van der Waals surface area contributed by atoms with Crippen molar-refractivity contribution < 1.29 is 23.8 Å². The molecule has 0 saturated carbocycles. The summed E-state index contributed by atoms with van der Waals surface area (Å²) in [6, 6.07) is 8.82. The van der Waals surface area contributed by atoms with Crippen LogP contribution in [0, 0.1) is 5.82 Å². The summed E-state index contributed by atoms with van der Waals surface area (Å²) in [6.07, 6.45) is 1.85. The van der Waals surface area contributed by atoms with Crippen LogP contribution in [0.15, 0.2) is 63.4 Å². The molecule has 32 heavy (non-hydrogen) atoms. The molecule has 1 aliphatic heterocycles. The van der Waals surface area contributed by atoms with Crippen LogP contribution in [0.3, 0.4) is 0 Å². The smallest absolute Gasteiger partial charge is 0.254 e. The van der Waals surface area contributed by atoms with E-state index in [0.29, 0.717) is 45.4 Å². The van der Waals surface area contributed by atoms with E-state index in [2.05, 4.69) is 26.6 Å². The van der Waals surface area contributed by atoms with Gasteiger partial charge in [-0.05, 0) is 77.7 Å². The Hall–Kier alpha value is -3.13. The van der Waals surface area contributed by atoms with Gasteiger partial charge in [0.25, 0.3) is 5.91 Å². The Kier molecular flexibility index (Phi) is 6.06. The third-order valence-corrected chi connectivity index (χ3v) is 6.33. The molecule has 1 amide bonds. The largest absolute Gasteiger partial charge is 0.503 e. The molecule has 3 N–H and O–H groups in total. The number of amides is 1. The number of allylic oxidation sites excluding steroid dienone is 3. The summed E-state index contributed by atoms with van der Waals surface area (Å²) in [6.45, 7) is 1.79. The van der Waals surface area contributed by atoms with E-state index in [9.17, 15) is 19.1 Å². The summed E-state index contributed by atoms with van der Waals surface area (Å²) in [7, 11) is 1.44. The lowest BCUT2D eigenvalue weighted by Crippen LogP contribution is -2.35. The van der Waals surface area contributed by atoms with Gasteiger partial charge in [0.2, 0.25) is 0 Å². The summed E-state index contributed by atoms with van der Waals surface area (Å²) in [4.78, 5) is 26.4. The number of Topliss-reactive ketones (excluding diaryl/α,β-unsaturated/α-hetero) is 1. The zero-order valence-corrected chi connectivity index (χ0v) is 19.2. The number of aromatic hydroxyl groups is 1. The molecule has 8 heteroatoms. The first kappa shape index (κ1) is 22.1. The standard InChI is InChI=1S/C24H22BrFN2O4/c1-12-20(24(31)28-15-8-6-14(26)7-9-15)21(22-17(27-12)4-3-5-18(22)29)13-10-16(25)23(30)19(11-13)32-2/h6-11,21,27,30H,3-5H2,1-2H3,(H,28,31)/t21-/m1/s1. The number of dihydropyridines is 1. The number of phenolic OH excluding ortho intramolecular Hbond substituents is 1. The second kappa shape index (κ2) is 8.78. The van der Waals surface area contributed by atoms with Crippen molar-refractivity contribution in [2.24, 2.45) is 0 Å². The highest BCUT2D eigenvalue weighted by Crippen LogP contribution is 2.46. The predicted molar refractivity (Wildman–Crippen MR) is 122 cm³/mol. The molecule has 0 saturated heterocycles. The molecule has 6 nitrogen and oxygen atoms in total. The molecule has 166 valence electrons. The van der Waals surface area contributed by atoms with Crippen LogP contribution in [0.25, 0.3) is 0 Å². The van der Waals surface area contributed by atoms with E-state index in [-0.39, 0.29) is 17.3 Å². The van der Waals surface area contributed by atoms with Crippen LogP contribution in [0.2, 0.25) is 0 Å². The summed E-state index contributed by atoms with van der Waals surface area (Å²) < 4.78 is 19.0. The number of anilines is 1. The van der Waals surface area contributed by atoms with Gasteiger partial charge in [0.1, 0.15) is 5.82 Å². The second-order valence-electron chi connectivity index (χ2n) is 7.78. The van der Waals surface area contributed by atoms with Crippen molar-refractivity contribution in [3.05, 3.63) is 74.8 Å². The zero-order chi connectivity index (χ0) is 23.0. The van der Waals surface area contributed by atoms with E-state index in [0.717, 1.165) is 12.1 Å². The SMILES string of the molecule is COc1cc([C@@H]2C(C(=O)Nc3ccc(F)cc3)=C(C)NC3=C2C(=O)CCC3)cc(Br)c1O. The molecular weight excluding hydrogens is 479 g/mol. The topological polar surface area (TPSA) is 87.7 Å². The Labute approximate surface area is 193 Å². The van der Waals surface area contributed by atoms with Gasteiger partial charge in [-0.1, -0.05) is 0 Å². The monoisotopic (exact) mass is 500 g/mol. The molecule has 2 aromatic carbocycles. The minimum absolute atomic E-state index is 0.0218. The van der Waals surface area contributed by atoms with E-state index in [4.69, 9.17) is 4.74 Å². The van der Waals surface area contributed by atoms with Crippen LogP contribution in [0.4, 0.5) is 10.1 Å². The average molecular weight is 501 g/mol. The van der Waals surface area contributed by atoms with Crippen molar-refractivity contribution in [1.82, 2.24) is 5.32 Å². The van der Waals surface area contributed by atoms with Crippen LogP contribution >= 0.6 is 15.9 Å². The molecule has 0 fully saturated rings. The van der Waals surface area contributed by atoms with Gasteiger partial charge in [-0.2, -0.15) is 0 Å². The molecule has 4 rings (SSSR count). The van der Waals surface area contributed by atoms with E-state index in [1.807, 2.05) is 0 Å². The van der Waals surface area contributed by atoms with Crippen molar-refractivity contribution in [1.29, 1.82) is 0 Å². The van der Waals surface area contributed by atoms with Gasteiger partial charge in [0, 0.05) is 40.6 Å². The highest BCUT2D eigenvalue weighted by molar-refractivity contribution is 9.10. The molecule has 2 aliphatic rings. The number of halogens is 2. The number of phenols is 1. The molecule has 0 radical (unpaired) electrons. The Morgan fingerprint density at radius 2 is 1.97 bits per heavy atom. The van der Waals surface area contributed by atoms with Crippen LogP contribution in [-0.4, -0.2) is 23.9 Å². The number of ether oxygens (including phenoxy) is 1. The van der Waals surface area contributed by atoms with Crippen molar-refractivity contribution in [3.63, 3.8) is 0 Å². The molecule has 1 aliphatic carbocycles. The van der Waals surface area contributed by atoms with Crippen molar-refractivity contribution in [2.45, 2.75) is 32.1 Å². The van der Waals surface area contributed by atoms with E-state index in [1.165, 1.54) is 31.4 Å². The third kappa shape index (κ3) is 4.02. The number of nitrogens with one attached hydrogen (secondary N) is 2. The molecular formula is C24H22BrFN2O4. The number of methoxy groups -OCH3 is 1. The number of benzene rings is 2. The molecule has 0 spiro atoms. The molecule has 0 unspecified atom stereocenters. The van der Waals surface area contributed by atoms with E-state index in [1.54, 1.807) is 19.1 Å². The number of carbonyl (C=O) groups excluding carboxylic acids is 2. The Balaban J connectivity index is 1.84. The molecule has 2 aromatic rings. The number of hydrogen-bond acceptors (Lipinski definition) is 5. The van der Waals surface area contributed by atoms with Gasteiger partial charge in [0.05, 0.1) is 11.6 Å². The lowest BCUT2D eigenvalue weighted by atomic mass is 9.75. The van der Waals surface area contributed by atoms with Crippen LogP contribution in [0.5, 0.6) is 11.5 Å². The van der Waals surface area contributed by atoms with Gasteiger partial charge in [-0.15, -0.1) is 0 Å². The van der Waals surface area contributed by atoms with Crippen molar-refractivity contribution in [3.8, 4) is 11.5 Å². The number of hydrogen-bond donors (Lipinski definition) is 3. The lowest BCUT2D eigenvalue weighted by Gasteiger charge is -2.34. The maximum atomic E-state index is 13.4. The van der Waals surface area contributed by atoms with Gasteiger partial charge in [-0.3, -0.25) is 9.59 Å². The fourth-order valence-corrected chi connectivity index (χ4v) is 4.73. The normalized spacial score (nSPS) is 18.2. The predicted octanol–water partition coefficient (Wildman–Crippen LogP) is 4.91. The second-order valence-corrected chi connectivity index (χ2v) is 8.63. The lowest BCUT2D eigenvalue weighted by molar-refractivity contribution is -0.116.